The van der Waals surface area contributed by atoms with E-state index < -0.39 is 0 Å². The number of halogens is 4. The SMILES string of the molecule is NC(=S)Nc1c(Cl)cc(Br)c(Cl)c1Br. The van der Waals surface area contributed by atoms with Crippen molar-refractivity contribution in [3.63, 3.8) is 0 Å². The fourth-order valence-corrected chi connectivity index (χ4v) is 2.77. The van der Waals surface area contributed by atoms with Crippen LogP contribution in [0.2, 0.25) is 10.0 Å². The van der Waals surface area contributed by atoms with E-state index in [-0.39, 0.29) is 5.11 Å². The molecule has 0 heterocycles. The van der Waals surface area contributed by atoms with E-state index in [0.717, 1.165) is 0 Å². The van der Waals surface area contributed by atoms with E-state index in [9.17, 15) is 0 Å². The third-order valence-electron chi connectivity index (χ3n) is 1.36. The number of benzene rings is 1. The summed E-state index contributed by atoms with van der Waals surface area (Å²) >= 11 is 23.2. The smallest absolute Gasteiger partial charge is 0.168 e. The Labute approximate surface area is 113 Å². The number of nitrogens with two attached hydrogens (primary N) is 1. The van der Waals surface area contributed by atoms with Crippen molar-refractivity contribution >= 4 is 78.1 Å². The second-order valence-electron chi connectivity index (χ2n) is 2.33. The maximum Gasteiger partial charge on any atom is 0.168 e. The molecule has 7 heteroatoms. The summed E-state index contributed by atoms with van der Waals surface area (Å²) in [5, 5.41) is 3.85. The summed E-state index contributed by atoms with van der Waals surface area (Å²) in [5.74, 6) is 0. The van der Waals surface area contributed by atoms with Crippen molar-refractivity contribution in [1.82, 2.24) is 0 Å². The molecule has 1 aromatic carbocycles. The van der Waals surface area contributed by atoms with Gasteiger partial charge in [0.05, 0.1) is 20.2 Å². The van der Waals surface area contributed by atoms with E-state index in [1.807, 2.05) is 0 Å². The summed E-state index contributed by atoms with van der Waals surface area (Å²) in [4.78, 5) is 0. The zero-order chi connectivity index (χ0) is 10.9. The molecule has 76 valence electrons. The van der Waals surface area contributed by atoms with Gasteiger partial charge in [-0.25, -0.2) is 0 Å². The number of rotatable bonds is 1. The number of thiocarbonyl (C=S) groups is 1. The lowest BCUT2D eigenvalue weighted by atomic mass is 10.3. The third-order valence-corrected chi connectivity index (χ3v) is 4.03. The van der Waals surface area contributed by atoms with Crippen molar-refractivity contribution in [2.45, 2.75) is 0 Å². The highest BCUT2D eigenvalue weighted by molar-refractivity contribution is 9.11. The van der Waals surface area contributed by atoms with Gasteiger partial charge in [-0.3, -0.25) is 0 Å². The molecule has 0 fully saturated rings. The molecule has 0 atom stereocenters. The normalized spacial score (nSPS) is 10.0. The van der Waals surface area contributed by atoms with Crippen LogP contribution in [0.15, 0.2) is 15.0 Å². The molecule has 0 aliphatic heterocycles. The van der Waals surface area contributed by atoms with Crippen LogP contribution in [0.5, 0.6) is 0 Å². The van der Waals surface area contributed by atoms with Crippen LogP contribution < -0.4 is 11.1 Å². The monoisotopic (exact) mass is 376 g/mol. The number of hydrogen-bond acceptors (Lipinski definition) is 1. The van der Waals surface area contributed by atoms with Crippen LogP contribution in [0, 0.1) is 0 Å². The van der Waals surface area contributed by atoms with Gasteiger partial charge in [0.25, 0.3) is 0 Å². The second-order valence-corrected chi connectivity index (χ2v) is 5.20. The minimum atomic E-state index is 0.131. The van der Waals surface area contributed by atoms with Crippen LogP contribution in [0.4, 0.5) is 5.69 Å². The predicted octanol–water partition coefficient (Wildman–Crippen LogP) is 4.17. The molecule has 0 saturated carbocycles. The van der Waals surface area contributed by atoms with Gasteiger partial charge in [-0.15, -0.1) is 0 Å². The Morgan fingerprint density at radius 3 is 2.50 bits per heavy atom. The maximum atomic E-state index is 5.96. The molecule has 0 bridgehead atoms. The highest BCUT2D eigenvalue weighted by atomic mass is 79.9. The molecule has 0 amide bonds. The Hall–Kier alpha value is 0.450. The van der Waals surface area contributed by atoms with E-state index in [0.29, 0.717) is 24.7 Å². The van der Waals surface area contributed by atoms with Crippen molar-refractivity contribution in [3.05, 3.63) is 25.1 Å². The molecule has 0 aliphatic carbocycles. The van der Waals surface area contributed by atoms with Crippen molar-refractivity contribution in [2.75, 3.05) is 5.32 Å². The van der Waals surface area contributed by atoms with Gasteiger partial charge in [-0.05, 0) is 50.1 Å². The Bertz CT molecular complexity index is 398. The second kappa shape index (κ2) is 4.99. The molecule has 1 aromatic rings. The molecule has 0 aliphatic rings. The minimum absolute atomic E-state index is 0.131. The van der Waals surface area contributed by atoms with Crippen LogP contribution in [-0.4, -0.2) is 5.11 Å². The molecule has 3 N–H and O–H groups in total. The quantitative estimate of drug-likeness (QED) is 0.437. The highest BCUT2D eigenvalue weighted by Crippen LogP contribution is 2.41. The van der Waals surface area contributed by atoms with Gasteiger partial charge in [0.1, 0.15) is 0 Å². The van der Waals surface area contributed by atoms with Gasteiger partial charge in [0.15, 0.2) is 5.11 Å². The van der Waals surface area contributed by atoms with E-state index in [1.165, 1.54) is 0 Å². The summed E-state index contributed by atoms with van der Waals surface area (Å²) in [5.41, 5.74) is 5.90. The van der Waals surface area contributed by atoms with Crippen LogP contribution in [0.1, 0.15) is 0 Å². The molecule has 2 nitrogen and oxygen atoms in total. The summed E-state index contributed by atoms with van der Waals surface area (Å²) in [7, 11) is 0. The summed E-state index contributed by atoms with van der Waals surface area (Å²) in [6.45, 7) is 0. The number of anilines is 1. The topological polar surface area (TPSA) is 38.0 Å². The van der Waals surface area contributed by atoms with Gasteiger partial charge < -0.3 is 11.1 Å². The summed E-state index contributed by atoms with van der Waals surface area (Å²) in [6, 6.07) is 1.66. The molecule has 1 rings (SSSR count). The number of hydrogen-bond donors (Lipinski definition) is 2. The molecular formula is C7H4Br2Cl2N2S. The Morgan fingerprint density at radius 1 is 1.43 bits per heavy atom. The van der Waals surface area contributed by atoms with Crippen LogP contribution in [0.3, 0.4) is 0 Å². The number of nitrogens with one attached hydrogen (secondary N) is 1. The zero-order valence-corrected chi connectivity index (χ0v) is 12.1. The standard InChI is InChI=1S/C7H4Br2Cl2N2S/c8-2-1-3(10)6(13-7(12)14)4(9)5(2)11/h1H,(H3,12,13,14). The highest BCUT2D eigenvalue weighted by Gasteiger charge is 2.13. The molecule has 0 unspecified atom stereocenters. The zero-order valence-electron chi connectivity index (χ0n) is 6.57. The minimum Gasteiger partial charge on any atom is -0.376 e. The first-order valence-electron chi connectivity index (χ1n) is 3.33. The molecule has 0 aromatic heterocycles. The first kappa shape index (κ1) is 12.5. The molecular weight excluding hydrogens is 375 g/mol. The summed E-state index contributed by atoms with van der Waals surface area (Å²) in [6.07, 6.45) is 0. The van der Waals surface area contributed by atoms with Crippen LogP contribution in [0.25, 0.3) is 0 Å². The maximum absolute atomic E-state index is 5.96. The largest absolute Gasteiger partial charge is 0.376 e. The van der Waals surface area contributed by atoms with E-state index >= 15 is 0 Å². The average Bonchev–Trinajstić information content (AvgIpc) is 2.09. The first-order chi connectivity index (χ1) is 6.43. The van der Waals surface area contributed by atoms with Gasteiger partial charge in [-0.2, -0.15) is 0 Å². The third kappa shape index (κ3) is 2.73. The van der Waals surface area contributed by atoms with Crippen molar-refractivity contribution in [3.8, 4) is 0 Å². The fourth-order valence-electron chi connectivity index (χ4n) is 0.804. The van der Waals surface area contributed by atoms with Crippen molar-refractivity contribution < 1.29 is 0 Å². The fraction of sp³-hybridized carbons (Fsp3) is 0. The lowest BCUT2D eigenvalue weighted by molar-refractivity contribution is 1.54. The lowest BCUT2D eigenvalue weighted by Gasteiger charge is -2.11. The van der Waals surface area contributed by atoms with Gasteiger partial charge in [-0.1, -0.05) is 23.2 Å². The molecule has 0 spiro atoms. The molecule has 0 saturated heterocycles. The van der Waals surface area contributed by atoms with Gasteiger partial charge in [0.2, 0.25) is 0 Å². The molecule has 0 radical (unpaired) electrons. The predicted molar refractivity (Wildman–Crippen MR) is 72.3 cm³/mol. The van der Waals surface area contributed by atoms with E-state index in [2.05, 4.69) is 37.2 Å². The van der Waals surface area contributed by atoms with Gasteiger partial charge >= 0.3 is 0 Å². The average molecular weight is 379 g/mol. The molecule has 14 heavy (non-hydrogen) atoms. The van der Waals surface area contributed by atoms with Crippen molar-refractivity contribution in [2.24, 2.45) is 5.73 Å². The first-order valence-corrected chi connectivity index (χ1v) is 6.08. The van der Waals surface area contributed by atoms with E-state index in [1.54, 1.807) is 6.07 Å². The van der Waals surface area contributed by atoms with Crippen LogP contribution in [-0.2, 0) is 0 Å². The van der Waals surface area contributed by atoms with Crippen molar-refractivity contribution in [1.29, 1.82) is 0 Å². The van der Waals surface area contributed by atoms with Gasteiger partial charge in [0, 0.05) is 4.47 Å². The van der Waals surface area contributed by atoms with E-state index in [4.69, 9.17) is 41.2 Å². The Kier molecular flexibility index (Phi) is 4.46. The summed E-state index contributed by atoms with van der Waals surface area (Å²) < 4.78 is 1.32. The Morgan fingerprint density at radius 2 is 2.00 bits per heavy atom. The lowest BCUT2D eigenvalue weighted by Crippen LogP contribution is -2.19. The van der Waals surface area contributed by atoms with Crippen LogP contribution >= 0.6 is 67.3 Å². The Balaban J connectivity index is 3.29.